The summed E-state index contributed by atoms with van der Waals surface area (Å²) in [7, 11) is 0. The molecule has 0 radical (unpaired) electrons. The van der Waals surface area contributed by atoms with Gasteiger partial charge in [-0.1, -0.05) is 0 Å². The molecule has 0 unspecified atom stereocenters. The quantitative estimate of drug-likeness (QED) is 0.575. The highest BCUT2D eigenvalue weighted by Gasteiger charge is 2.15. The maximum absolute atomic E-state index is 14.0. The Morgan fingerprint density at radius 3 is 2.67 bits per heavy atom. The zero-order valence-corrected chi connectivity index (χ0v) is 14.2. The van der Waals surface area contributed by atoms with Crippen molar-refractivity contribution >= 4 is 23.3 Å². The van der Waals surface area contributed by atoms with Crippen molar-refractivity contribution in [1.29, 1.82) is 0 Å². The lowest BCUT2D eigenvalue weighted by Gasteiger charge is -2.07. The monoisotopic (exact) mass is 363 g/mol. The lowest BCUT2D eigenvalue weighted by molar-refractivity contribution is 0.0697. The van der Waals surface area contributed by atoms with Gasteiger partial charge in [0.2, 0.25) is 5.95 Å². The third-order valence-electron chi connectivity index (χ3n) is 4.06. The van der Waals surface area contributed by atoms with Gasteiger partial charge < -0.3 is 10.4 Å². The summed E-state index contributed by atoms with van der Waals surface area (Å²) in [6.07, 6.45) is 3.32. The van der Waals surface area contributed by atoms with Crippen molar-refractivity contribution in [2.45, 2.75) is 6.92 Å². The molecule has 0 aliphatic rings. The van der Waals surface area contributed by atoms with E-state index in [4.69, 9.17) is 5.11 Å². The number of pyridine rings is 1. The van der Waals surface area contributed by atoms with Crippen LogP contribution in [0.1, 0.15) is 16.1 Å². The average molecular weight is 363 g/mol. The second-order valence-corrected chi connectivity index (χ2v) is 5.87. The van der Waals surface area contributed by atoms with Crippen LogP contribution in [-0.2, 0) is 0 Å². The Morgan fingerprint density at radius 1 is 1.15 bits per heavy atom. The summed E-state index contributed by atoms with van der Waals surface area (Å²) < 4.78 is 15.6. The van der Waals surface area contributed by atoms with Crippen LogP contribution in [0, 0.1) is 12.7 Å². The van der Waals surface area contributed by atoms with Crippen molar-refractivity contribution in [2.24, 2.45) is 0 Å². The first-order valence-corrected chi connectivity index (χ1v) is 8.10. The highest BCUT2D eigenvalue weighted by Crippen LogP contribution is 2.25. The Balaban J connectivity index is 1.70. The van der Waals surface area contributed by atoms with Gasteiger partial charge in [0, 0.05) is 18.1 Å². The van der Waals surface area contributed by atoms with Gasteiger partial charge in [-0.2, -0.15) is 0 Å². The fraction of sp³-hybridized carbons (Fsp3) is 0.0526. The van der Waals surface area contributed by atoms with Gasteiger partial charge in [0.1, 0.15) is 0 Å². The summed E-state index contributed by atoms with van der Waals surface area (Å²) in [6.45, 7) is 1.79. The van der Waals surface area contributed by atoms with Crippen molar-refractivity contribution in [3.63, 3.8) is 0 Å². The molecule has 8 heteroatoms. The smallest absolute Gasteiger partial charge is 0.335 e. The van der Waals surface area contributed by atoms with E-state index in [1.54, 1.807) is 48.0 Å². The van der Waals surface area contributed by atoms with Crippen LogP contribution in [0.3, 0.4) is 0 Å². The molecule has 7 nitrogen and oxygen atoms in total. The molecule has 3 aromatic heterocycles. The number of rotatable bonds is 4. The summed E-state index contributed by atoms with van der Waals surface area (Å²) in [5.41, 5.74) is 3.00. The van der Waals surface area contributed by atoms with Crippen LogP contribution < -0.4 is 5.32 Å². The van der Waals surface area contributed by atoms with Gasteiger partial charge in [-0.15, -0.1) is 0 Å². The van der Waals surface area contributed by atoms with E-state index in [0.29, 0.717) is 28.7 Å². The van der Waals surface area contributed by atoms with Gasteiger partial charge >= 0.3 is 5.97 Å². The number of carboxylic acids is 1. The molecule has 0 saturated heterocycles. The molecule has 0 fully saturated rings. The van der Waals surface area contributed by atoms with Crippen molar-refractivity contribution in [2.75, 3.05) is 5.32 Å². The number of carboxylic acid groups (broad SMARTS) is 1. The molecule has 3 heterocycles. The summed E-state index contributed by atoms with van der Waals surface area (Å²) in [6, 6.07) is 10.9. The van der Waals surface area contributed by atoms with Gasteiger partial charge in [0.25, 0.3) is 0 Å². The van der Waals surface area contributed by atoms with E-state index in [-0.39, 0.29) is 11.2 Å². The van der Waals surface area contributed by atoms with E-state index in [2.05, 4.69) is 20.3 Å². The number of fused-ring (bicyclic) bond motifs is 1. The van der Waals surface area contributed by atoms with Gasteiger partial charge in [-0.05, 0) is 49.4 Å². The molecule has 0 atom stereocenters. The maximum Gasteiger partial charge on any atom is 0.335 e. The van der Waals surface area contributed by atoms with Crippen molar-refractivity contribution in [3.05, 3.63) is 71.9 Å². The van der Waals surface area contributed by atoms with Crippen LogP contribution in [0.5, 0.6) is 0 Å². The van der Waals surface area contributed by atoms with Crippen molar-refractivity contribution in [1.82, 2.24) is 19.4 Å². The summed E-state index contributed by atoms with van der Waals surface area (Å²) in [5.74, 6) is -1.06. The van der Waals surface area contributed by atoms with Crippen LogP contribution in [0.15, 0.2) is 54.9 Å². The average Bonchev–Trinajstić information content (AvgIpc) is 3.00. The zero-order chi connectivity index (χ0) is 19.0. The second kappa shape index (κ2) is 6.49. The molecule has 134 valence electrons. The summed E-state index contributed by atoms with van der Waals surface area (Å²) >= 11 is 0. The van der Waals surface area contributed by atoms with Crippen LogP contribution in [0.4, 0.5) is 16.0 Å². The molecule has 0 aliphatic carbocycles. The minimum absolute atomic E-state index is 0.193. The third-order valence-corrected chi connectivity index (χ3v) is 4.06. The number of halogens is 1. The van der Waals surface area contributed by atoms with Crippen LogP contribution in [0.2, 0.25) is 0 Å². The molecule has 2 N–H and O–H groups in total. The van der Waals surface area contributed by atoms with Crippen LogP contribution >= 0.6 is 0 Å². The standard InChI is InChI=1S/C19H14FN5O2/c1-11-16(25-10-2-3-14(20)17(25)22-11)15-8-9-21-19(24-15)23-13-6-4-12(5-7-13)18(26)27/h2-10H,1H3,(H,26,27)(H,21,23,24). The van der Waals surface area contributed by atoms with Gasteiger partial charge in [-0.25, -0.2) is 24.1 Å². The first kappa shape index (κ1) is 16.6. The Kier molecular flexibility index (Phi) is 4.00. The lowest BCUT2D eigenvalue weighted by Crippen LogP contribution is -2.01. The first-order valence-electron chi connectivity index (χ1n) is 8.10. The minimum Gasteiger partial charge on any atom is -0.478 e. The summed E-state index contributed by atoms with van der Waals surface area (Å²) in [4.78, 5) is 23.9. The maximum atomic E-state index is 14.0. The van der Waals surface area contributed by atoms with Gasteiger partial charge in [-0.3, -0.25) is 4.40 Å². The third kappa shape index (κ3) is 3.08. The molecular weight excluding hydrogens is 349 g/mol. The summed E-state index contributed by atoms with van der Waals surface area (Å²) in [5, 5.41) is 12.0. The van der Waals surface area contributed by atoms with E-state index in [0.717, 1.165) is 0 Å². The number of anilines is 2. The van der Waals surface area contributed by atoms with Crippen LogP contribution in [0.25, 0.3) is 17.0 Å². The predicted octanol–water partition coefficient (Wildman–Crippen LogP) is 3.68. The Bertz CT molecular complexity index is 1150. The van der Waals surface area contributed by atoms with E-state index in [1.807, 2.05) is 0 Å². The molecule has 0 saturated carbocycles. The fourth-order valence-electron chi connectivity index (χ4n) is 2.83. The van der Waals surface area contributed by atoms with E-state index in [1.165, 1.54) is 18.2 Å². The van der Waals surface area contributed by atoms with Crippen molar-refractivity contribution in [3.8, 4) is 11.4 Å². The molecule has 4 rings (SSSR count). The van der Waals surface area contributed by atoms with Crippen LogP contribution in [-0.4, -0.2) is 30.4 Å². The number of benzene rings is 1. The molecule has 0 aliphatic heterocycles. The fourth-order valence-corrected chi connectivity index (χ4v) is 2.83. The number of aromatic nitrogens is 4. The van der Waals surface area contributed by atoms with Gasteiger partial charge in [0.15, 0.2) is 11.5 Å². The number of nitrogens with one attached hydrogen (secondary N) is 1. The molecule has 0 amide bonds. The highest BCUT2D eigenvalue weighted by atomic mass is 19.1. The minimum atomic E-state index is -0.991. The number of hydrogen-bond acceptors (Lipinski definition) is 5. The largest absolute Gasteiger partial charge is 0.478 e. The molecule has 27 heavy (non-hydrogen) atoms. The normalized spacial score (nSPS) is 10.9. The zero-order valence-electron chi connectivity index (χ0n) is 14.2. The molecule has 1 aromatic carbocycles. The molecule has 0 spiro atoms. The number of carbonyl (C=O) groups is 1. The second-order valence-electron chi connectivity index (χ2n) is 5.87. The molecule has 0 bridgehead atoms. The number of imidazole rings is 1. The first-order chi connectivity index (χ1) is 13.0. The topological polar surface area (TPSA) is 92.4 Å². The molecule has 4 aromatic rings. The number of aryl methyl sites for hydroxylation is 1. The Labute approximate surface area is 153 Å². The highest BCUT2D eigenvalue weighted by molar-refractivity contribution is 5.88. The Morgan fingerprint density at radius 2 is 1.93 bits per heavy atom. The van der Waals surface area contributed by atoms with E-state index in [9.17, 15) is 9.18 Å². The van der Waals surface area contributed by atoms with Gasteiger partial charge in [0.05, 0.1) is 22.6 Å². The predicted molar refractivity (Wildman–Crippen MR) is 97.6 cm³/mol. The lowest BCUT2D eigenvalue weighted by atomic mass is 10.2. The van der Waals surface area contributed by atoms with E-state index < -0.39 is 11.8 Å². The number of hydrogen-bond donors (Lipinski definition) is 2. The number of nitrogens with zero attached hydrogens (tertiary/aromatic N) is 4. The van der Waals surface area contributed by atoms with Crippen molar-refractivity contribution < 1.29 is 14.3 Å². The Hall–Kier alpha value is -3.81. The SMILES string of the molecule is Cc1nc2c(F)cccn2c1-c1ccnc(Nc2ccc(C(=O)O)cc2)n1. The number of aromatic carboxylic acids is 1. The van der Waals surface area contributed by atoms with E-state index >= 15 is 0 Å². The molecular formula is C19H14FN5O2.